The van der Waals surface area contributed by atoms with Gasteiger partial charge in [-0.1, -0.05) is 23.2 Å². The second-order valence-electron chi connectivity index (χ2n) is 3.80. The monoisotopic (exact) mass is 297 g/mol. The van der Waals surface area contributed by atoms with Crippen LogP contribution in [0.3, 0.4) is 0 Å². The number of hydrogen-bond donors (Lipinski definition) is 1. The van der Waals surface area contributed by atoms with Crippen LogP contribution in [0.15, 0.2) is 30.5 Å². The molecule has 98 valence electrons. The van der Waals surface area contributed by atoms with Crippen molar-refractivity contribution in [1.82, 2.24) is 4.98 Å². The van der Waals surface area contributed by atoms with Gasteiger partial charge in [0.15, 0.2) is 0 Å². The van der Waals surface area contributed by atoms with Crippen LogP contribution in [0.1, 0.15) is 16.1 Å². The molecule has 1 aromatic heterocycles. The molecule has 1 N–H and O–H groups in total. The molecule has 0 spiro atoms. The Labute approximate surface area is 119 Å². The van der Waals surface area contributed by atoms with Crippen LogP contribution >= 0.6 is 23.2 Å². The fourth-order valence-corrected chi connectivity index (χ4v) is 1.74. The van der Waals surface area contributed by atoms with Crippen molar-refractivity contribution in [3.63, 3.8) is 0 Å². The number of carboxylic acid groups (broad SMARTS) is 1. The molecule has 0 aliphatic rings. The van der Waals surface area contributed by atoms with E-state index in [2.05, 4.69) is 4.98 Å². The summed E-state index contributed by atoms with van der Waals surface area (Å²) in [6.07, 6.45) is 1.25. The lowest BCUT2D eigenvalue weighted by molar-refractivity contribution is 0.0693. The normalized spacial score (nSPS) is 10.3. The van der Waals surface area contributed by atoms with Gasteiger partial charge in [-0.15, -0.1) is 0 Å². The average molecular weight is 298 g/mol. The lowest BCUT2D eigenvalue weighted by atomic mass is 10.2. The topological polar surface area (TPSA) is 59.4 Å². The number of pyridine rings is 1. The number of benzene rings is 1. The van der Waals surface area contributed by atoms with Crippen molar-refractivity contribution in [2.45, 2.75) is 6.92 Å². The SMILES string of the molecule is Cc1cc(Oc2ccc(Cl)c(Cl)c2)c(C(=O)O)cn1. The number of rotatable bonds is 3. The minimum Gasteiger partial charge on any atom is -0.477 e. The summed E-state index contributed by atoms with van der Waals surface area (Å²) in [5, 5.41) is 9.80. The highest BCUT2D eigenvalue weighted by atomic mass is 35.5. The van der Waals surface area contributed by atoms with E-state index in [-0.39, 0.29) is 11.3 Å². The van der Waals surface area contributed by atoms with E-state index in [0.29, 0.717) is 21.5 Å². The van der Waals surface area contributed by atoms with Gasteiger partial charge in [0.1, 0.15) is 17.1 Å². The van der Waals surface area contributed by atoms with Gasteiger partial charge in [-0.25, -0.2) is 4.79 Å². The number of carboxylic acids is 1. The van der Waals surface area contributed by atoms with Crippen LogP contribution in [-0.4, -0.2) is 16.1 Å². The van der Waals surface area contributed by atoms with Gasteiger partial charge in [0.05, 0.1) is 10.0 Å². The second-order valence-corrected chi connectivity index (χ2v) is 4.62. The van der Waals surface area contributed by atoms with Crippen molar-refractivity contribution < 1.29 is 14.6 Å². The Morgan fingerprint density at radius 2 is 2.00 bits per heavy atom. The van der Waals surface area contributed by atoms with Gasteiger partial charge in [-0.05, 0) is 19.1 Å². The number of nitrogens with zero attached hydrogens (tertiary/aromatic N) is 1. The third-order valence-electron chi connectivity index (χ3n) is 2.35. The van der Waals surface area contributed by atoms with E-state index in [9.17, 15) is 4.79 Å². The van der Waals surface area contributed by atoms with Gasteiger partial charge >= 0.3 is 5.97 Å². The first-order valence-corrected chi connectivity index (χ1v) is 6.06. The number of hydrogen-bond acceptors (Lipinski definition) is 3. The molecule has 0 atom stereocenters. The molecule has 0 aliphatic heterocycles. The smallest absolute Gasteiger partial charge is 0.341 e. The number of aromatic nitrogens is 1. The summed E-state index contributed by atoms with van der Waals surface area (Å²) < 4.78 is 5.52. The molecule has 0 saturated carbocycles. The molecular weight excluding hydrogens is 289 g/mol. The largest absolute Gasteiger partial charge is 0.477 e. The Kier molecular flexibility index (Phi) is 3.93. The van der Waals surface area contributed by atoms with Crippen molar-refractivity contribution in [3.8, 4) is 11.5 Å². The van der Waals surface area contributed by atoms with Crippen molar-refractivity contribution >= 4 is 29.2 Å². The summed E-state index contributed by atoms with van der Waals surface area (Å²) in [7, 11) is 0. The first-order valence-electron chi connectivity index (χ1n) is 5.30. The molecule has 19 heavy (non-hydrogen) atoms. The van der Waals surface area contributed by atoms with Gasteiger partial charge in [-0.3, -0.25) is 4.98 Å². The van der Waals surface area contributed by atoms with Crippen molar-refractivity contribution in [1.29, 1.82) is 0 Å². The number of aromatic carboxylic acids is 1. The van der Waals surface area contributed by atoms with Crippen LogP contribution in [0.25, 0.3) is 0 Å². The zero-order chi connectivity index (χ0) is 14.0. The number of aryl methyl sites for hydroxylation is 1. The van der Waals surface area contributed by atoms with Gasteiger partial charge in [0.25, 0.3) is 0 Å². The Bertz CT molecular complexity index is 644. The molecule has 0 saturated heterocycles. The molecule has 0 radical (unpaired) electrons. The predicted octanol–water partition coefficient (Wildman–Crippen LogP) is 4.19. The number of halogens is 2. The van der Waals surface area contributed by atoms with Crippen LogP contribution in [0.4, 0.5) is 0 Å². The Balaban J connectivity index is 2.39. The molecule has 0 amide bonds. The fourth-order valence-electron chi connectivity index (χ4n) is 1.45. The Morgan fingerprint density at radius 3 is 2.63 bits per heavy atom. The molecule has 6 heteroatoms. The molecule has 2 aromatic rings. The molecule has 0 unspecified atom stereocenters. The lowest BCUT2D eigenvalue weighted by Crippen LogP contribution is -2.01. The van der Waals surface area contributed by atoms with Crippen molar-refractivity contribution in [2.24, 2.45) is 0 Å². The summed E-state index contributed by atoms with van der Waals surface area (Å²) in [6.45, 7) is 1.74. The highest BCUT2D eigenvalue weighted by molar-refractivity contribution is 6.42. The quantitative estimate of drug-likeness (QED) is 0.923. The minimum absolute atomic E-state index is 0.0170. The van der Waals surface area contributed by atoms with Crippen LogP contribution in [0.2, 0.25) is 10.0 Å². The first kappa shape index (κ1) is 13.6. The maximum Gasteiger partial charge on any atom is 0.341 e. The Morgan fingerprint density at radius 1 is 1.26 bits per heavy atom. The Hall–Kier alpha value is -1.78. The van der Waals surface area contributed by atoms with Gasteiger partial charge in [0, 0.05) is 24.0 Å². The molecule has 2 rings (SSSR count). The minimum atomic E-state index is -1.11. The molecule has 0 aliphatic carbocycles. The van der Waals surface area contributed by atoms with Crippen molar-refractivity contribution in [2.75, 3.05) is 0 Å². The van der Waals surface area contributed by atoms with E-state index in [1.54, 1.807) is 25.1 Å². The standard InChI is InChI=1S/C13H9Cl2NO3/c1-7-4-12(9(6-16-7)13(17)18)19-8-2-3-10(14)11(15)5-8/h2-6H,1H3,(H,17,18). The predicted molar refractivity (Wildman–Crippen MR) is 72.5 cm³/mol. The summed E-state index contributed by atoms with van der Waals surface area (Å²) in [4.78, 5) is 15.0. The maximum absolute atomic E-state index is 11.1. The molecule has 0 fully saturated rings. The van der Waals surface area contributed by atoms with Gasteiger partial charge in [0.2, 0.25) is 0 Å². The second kappa shape index (κ2) is 5.47. The summed E-state index contributed by atoms with van der Waals surface area (Å²) in [5.41, 5.74) is 0.636. The lowest BCUT2D eigenvalue weighted by Gasteiger charge is -2.09. The highest BCUT2D eigenvalue weighted by Crippen LogP contribution is 2.31. The average Bonchev–Trinajstić information content (AvgIpc) is 2.33. The zero-order valence-corrected chi connectivity index (χ0v) is 11.4. The van der Waals surface area contributed by atoms with E-state index in [4.69, 9.17) is 33.0 Å². The van der Waals surface area contributed by atoms with Crippen LogP contribution in [0.5, 0.6) is 11.5 Å². The molecular formula is C13H9Cl2NO3. The maximum atomic E-state index is 11.1. The van der Waals surface area contributed by atoms with Crippen LogP contribution in [-0.2, 0) is 0 Å². The van der Waals surface area contributed by atoms with Gasteiger partial charge in [-0.2, -0.15) is 0 Å². The highest BCUT2D eigenvalue weighted by Gasteiger charge is 2.13. The van der Waals surface area contributed by atoms with E-state index in [1.165, 1.54) is 12.3 Å². The summed E-state index contributed by atoms with van der Waals surface area (Å²) >= 11 is 11.7. The fraction of sp³-hybridized carbons (Fsp3) is 0.0769. The molecule has 1 aromatic carbocycles. The van der Waals surface area contributed by atoms with Gasteiger partial charge < -0.3 is 9.84 Å². The molecule has 4 nitrogen and oxygen atoms in total. The molecule has 1 heterocycles. The van der Waals surface area contributed by atoms with Crippen molar-refractivity contribution in [3.05, 3.63) is 51.8 Å². The third kappa shape index (κ3) is 3.16. The van der Waals surface area contributed by atoms with E-state index < -0.39 is 5.97 Å². The zero-order valence-electron chi connectivity index (χ0n) is 9.85. The van der Waals surface area contributed by atoms with E-state index in [0.717, 1.165) is 0 Å². The van der Waals surface area contributed by atoms with E-state index in [1.807, 2.05) is 0 Å². The third-order valence-corrected chi connectivity index (χ3v) is 3.09. The summed E-state index contributed by atoms with van der Waals surface area (Å²) in [5.74, 6) is -0.497. The summed E-state index contributed by atoms with van der Waals surface area (Å²) in [6, 6.07) is 6.25. The van der Waals surface area contributed by atoms with E-state index >= 15 is 0 Å². The number of ether oxygens (including phenoxy) is 1. The van der Waals surface area contributed by atoms with Crippen LogP contribution < -0.4 is 4.74 Å². The van der Waals surface area contributed by atoms with Crippen LogP contribution in [0, 0.1) is 6.92 Å². The first-order chi connectivity index (χ1) is 8.97. The number of carbonyl (C=O) groups is 1. The molecule has 0 bridgehead atoms.